The van der Waals surface area contributed by atoms with E-state index in [1.807, 2.05) is 0 Å². The average molecular weight is 260 g/mol. The van der Waals surface area contributed by atoms with Crippen molar-refractivity contribution >= 4 is 21.8 Å². The normalized spacial score (nSPS) is 24.9. The second-order valence-corrected chi connectivity index (χ2v) is 5.38. The van der Waals surface area contributed by atoms with E-state index in [0.717, 1.165) is 24.6 Å². The van der Waals surface area contributed by atoms with Crippen LogP contribution >= 0.6 is 15.9 Å². The van der Waals surface area contributed by atoms with Gasteiger partial charge in [-0.05, 0) is 31.6 Å². The highest BCUT2D eigenvalue weighted by atomic mass is 79.9. The van der Waals surface area contributed by atoms with Crippen molar-refractivity contribution < 1.29 is 4.79 Å². The Bertz CT molecular complexity index is 219. The molecule has 0 bridgehead atoms. The van der Waals surface area contributed by atoms with Gasteiger partial charge in [0.05, 0.1) is 0 Å². The summed E-state index contributed by atoms with van der Waals surface area (Å²) in [5.74, 6) is 0.940. The van der Waals surface area contributed by atoms with Gasteiger partial charge in [0, 0.05) is 17.3 Å². The quantitative estimate of drug-likeness (QED) is 0.773. The SMILES string of the molecule is O=C(CC1CCCC1)NC1(CBr)CC1. The summed E-state index contributed by atoms with van der Waals surface area (Å²) in [5, 5.41) is 4.07. The van der Waals surface area contributed by atoms with E-state index < -0.39 is 0 Å². The summed E-state index contributed by atoms with van der Waals surface area (Å²) in [7, 11) is 0. The number of amides is 1. The van der Waals surface area contributed by atoms with Crippen LogP contribution in [-0.2, 0) is 4.79 Å². The van der Waals surface area contributed by atoms with Crippen molar-refractivity contribution in [3.63, 3.8) is 0 Å². The fourth-order valence-corrected chi connectivity index (χ4v) is 2.97. The molecule has 3 heteroatoms. The van der Waals surface area contributed by atoms with Crippen LogP contribution in [0.25, 0.3) is 0 Å². The lowest BCUT2D eigenvalue weighted by molar-refractivity contribution is -0.122. The first-order valence-corrected chi connectivity index (χ1v) is 6.73. The minimum atomic E-state index is 0.135. The number of hydrogen-bond donors (Lipinski definition) is 1. The minimum absolute atomic E-state index is 0.135. The van der Waals surface area contributed by atoms with Gasteiger partial charge in [-0.25, -0.2) is 0 Å². The lowest BCUT2D eigenvalue weighted by Crippen LogP contribution is -2.38. The molecule has 2 nitrogen and oxygen atoms in total. The molecule has 1 N–H and O–H groups in total. The summed E-state index contributed by atoms with van der Waals surface area (Å²) in [4.78, 5) is 11.7. The zero-order chi connectivity index (χ0) is 10.0. The van der Waals surface area contributed by atoms with Crippen molar-refractivity contribution in [3.05, 3.63) is 0 Å². The molecule has 0 aromatic carbocycles. The number of nitrogens with one attached hydrogen (secondary N) is 1. The van der Waals surface area contributed by atoms with Crippen LogP contribution in [0.5, 0.6) is 0 Å². The second kappa shape index (κ2) is 4.21. The van der Waals surface area contributed by atoms with Crippen LogP contribution in [-0.4, -0.2) is 16.8 Å². The molecular formula is C11H18BrNO. The van der Waals surface area contributed by atoms with Gasteiger partial charge in [-0.2, -0.15) is 0 Å². The lowest BCUT2D eigenvalue weighted by Gasteiger charge is -2.16. The summed E-state index contributed by atoms with van der Waals surface area (Å²) < 4.78 is 0. The van der Waals surface area contributed by atoms with Crippen molar-refractivity contribution in [2.24, 2.45) is 5.92 Å². The van der Waals surface area contributed by atoms with Crippen LogP contribution in [0.2, 0.25) is 0 Å². The van der Waals surface area contributed by atoms with E-state index in [-0.39, 0.29) is 11.4 Å². The van der Waals surface area contributed by atoms with Gasteiger partial charge in [0.15, 0.2) is 0 Å². The van der Waals surface area contributed by atoms with Crippen LogP contribution in [0, 0.1) is 5.92 Å². The molecule has 14 heavy (non-hydrogen) atoms. The highest BCUT2D eigenvalue weighted by molar-refractivity contribution is 9.09. The number of halogens is 1. The van der Waals surface area contributed by atoms with Crippen LogP contribution in [0.1, 0.15) is 44.9 Å². The third-order valence-electron chi connectivity index (χ3n) is 3.46. The molecule has 0 radical (unpaired) electrons. The Kier molecular flexibility index (Phi) is 3.15. The molecule has 2 rings (SSSR count). The summed E-state index contributed by atoms with van der Waals surface area (Å²) in [5.41, 5.74) is 0.135. The van der Waals surface area contributed by atoms with Gasteiger partial charge >= 0.3 is 0 Å². The largest absolute Gasteiger partial charge is 0.350 e. The van der Waals surface area contributed by atoms with Crippen LogP contribution in [0.3, 0.4) is 0 Å². The molecule has 0 aromatic rings. The Morgan fingerprint density at radius 1 is 1.36 bits per heavy atom. The Morgan fingerprint density at radius 2 is 2.00 bits per heavy atom. The number of carbonyl (C=O) groups excluding carboxylic acids is 1. The first kappa shape index (κ1) is 10.5. The van der Waals surface area contributed by atoms with Crippen molar-refractivity contribution in [2.45, 2.75) is 50.5 Å². The summed E-state index contributed by atoms with van der Waals surface area (Å²) in [6, 6.07) is 0. The van der Waals surface area contributed by atoms with Gasteiger partial charge in [-0.3, -0.25) is 4.79 Å². The molecule has 0 aliphatic heterocycles. The van der Waals surface area contributed by atoms with Crippen molar-refractivity contribution in [2.75, 3.05) is 5.33 Å². The second-order valence-electron chi connectivity index (χ2n) is 4.82. The summed E-state index contributed by atoms with van der Waals surface area (Å²) >= 11 is 3.46. The molecule has 0 saturated heterocycles. The summed E-state index contributed by atoms with van der Waals surface area (Å²) in [6.45, 7) is 0. The predicted octanol–water partition coefficient (Wildman–Crippen LogP) is 2.61. The van der Waals surface area contributed by atoms with Gasteiger partial charge < -0.3 is 5.32 Å². The molecule has 0 atom stereocenters. The highest BCUT2D eigenvalue weighted by Crippen LogP contribution is 2.37. The van der Waals surface area contributed by atoms with E-state index in [1.165, 1.54) is 25.7 Å². The zero-order valence-electron chi connectivity index (χ0n) is 8.52. The fraction of sp³-hybridized carbons (Fsp3) is 0.909. The maximum absolute atomic E-state index is 11.7. The summed E-state index contributed by atoms with van der Waals surface area (Å²) in [6.07, 6.45) is 8.21. The number of alkyl halides is 1. The van der Waals surface area contributed by atoms with Gasteiger partial charge in [-0.1, -0.05) is 28.8 Å². The number of hydrogen-bond acceptors (Lipinski definition) is 1. The lowest BCUT2D eigenvalue weighted by atomic mass is 10.0. The Hall–Kier alpha value is -0.0500. The van der Waals surface area contributed by atoms with E-state index in [2.05, 4.69) is 21.2 Å². The van der Waals surface area contributed by atoms with E-state index in [4.69, 9.17) is 0 Å². The molecule has 2 aliphatic carbocycles. The predicted molar refractivity (Wildman–Crippen MR) is 60.5 cm³/mol. The average Bonchev–Trinajstić information content (AvgIpc) is 2.74. The molecule has 0 heterocycles. The maximum Gasteiger partial charge on any atom is 0.220 e. The first-order valence-electron chi connectivity index (χ1n) is 5.61. The van der Waals surface area contributed by atoms with Crippen LogP contribution in [0.4, 0.5) is 0 Å². The number of rotatable bonds is 4. The van der Waals surface area contributed by atoms with Gasteiger partial charge in [0.25, 0.3) is 0 Å². The molecule has 80 valence electrons. The molecule has 2 aliphatic rings. The third-order valence-corrected chi connectivity index (χ3v) is 4.54. The van der Waals surface area contributed by atoms with Crippen LogP contribution in [0.15, 0.2) is 0 Å². The molecule has 1 amide bonds. The maximum atomic E-state index is 11.7. The van der Waals surface area contributed by atoms with Crippen molar-refractivity contribution in [1.82, 2.24) is 5.32 Å². The molecule has 2 saturated carbocycles. The van der Waals surface area contributed by atoms with E-state index in [1.54, 1.807) is 0 Å². The van der Waals surface area contributed by atoms with E-state index >= 15 is 0 Å². The Labute approximate surface area is 94.0 Å². The molecule has 0 unspecified atom stereocenters. The molecule has 2 fully saturated rings. The van der Waals surface area contributed by atoms with Crippen molar-refractivity contribution in [1.29, 1.82) is 0 Å². The van der Waals surface area contributed by atoms with Gasteiger partial charge in [-0.15, -0.1) is 0 Å². The topological polar surface area (TPSA) is 29.1 Å². The van der Waals surface area contributed by atoms with Crippen molar-refractivity contribution in [3.8, 4) is 0 Å². The number of carbonyl (C=O) groups is 1. The standard InChI is InChI=1S/C11H18BrNO/c12-8-11(5-6-11)13-10(14)7-9-3-1-2-4-9/h9H,1-8H2,(H,13,14). The van der Waals surface area contributed by atoms with Gasteiger partial charge in [0.2, 0.25) is 5.91 Å². The van der Waals surface area contributed by atoms with E-state index in [9.17, 15) is 4.79 Å². The first-order chi connectivity index (χ1) is 6.74. The minimum Gasteiger partial charge on any atom is -0.350 e. The Morgan fingerprint density at radius 3 is 2.50 bits per heavy atom. The Balaban J connectivity index is 1.73. The molecule has 0 spiro atoms. The smallest absolute Gasteiger partial charge is 0.220 e. The van der Waals surface area contributed by atoms with E-state index in [0.29, 0.717) is 5.92 Å². The fourth-order valence-electron chi connectivity index (χ4n) is 2.27. The molecular weight excluding hydrogens is 242 g/mol. The molecule has 0 aromatic heterocycles. The third kappa shape index (κ3) is 2.50. The zero-order valence-corrected chi connectivity index (χ0v) is 10.1. The monoisotopic (exact) mass is 259 g/mol. The van der Waals surface area contributed by atoms with Crippen LogP contribution < -0.4 is 5.32 Å². The highest BCUT2D eigenvalue weighted by Gasteiger charge is 2.42. The van der Waals surface area contributed by atoms with Gasteiger partial charge in [0.1, 0.15) is 0 Å².